The van der Waals surface area contributed by atoms with E-state index in [0.717, 1.165) is 6.42 Å². The Bertz CT molecular complexity index is 779. The summed E-state index contributed by atoms with van der Waals surface area (Å²) in [5.74, 6) is 1.13. The minimum Gasteiger partial charge on any atom is -0.382 e. The number of morpholine rings is 1. The quantitative estimate of drug-likeness (QED) is 0.807. The number of carbonyl (C=O) groups is 1. The van der Waals surface area contributed by atoms with Gasteiger partial charge in [0.1, 0.15) is 27.2 Å². The van der Waals surface area contributed by atoms with Gasteiger partial charge >= 0.3 is 0 Å². The highest BCUT2D eigenvalue weighted by Gasteiger charge is 2.39. The number of aromatic nitrogens is 3. The normalized spacial score (nSPS) is 25.0. The van der Waals surface area contributed by atoms with Crippen LogP contribution in [0.1, 0.15) is 24.8 Å². The molecule has 1 amide bonds. The van der Waals surface area contributed by atoms with Crippen LogP contribution in [0.15, 0.2) is 10.8 Å². The molecule has 2 N–H and O–H groups in total. The number of ether oxygens (including phenoxy) is 1. The smallest absolute Gasteiger partial charge is 0.223 e. The van der Waals surface area contributed by atoms with Crippen LogP contribution < -0.4 is 5.73 Å². The molecule has 0 aliphatic carbocycles. The summed E-state index contributed by atoms with van der Waals surface area (Å²) in [7, 11) is 0. The number of nitrogens with zero attached hydrogens (tertiary/aromatic N) is 4. The van der Waals surface area contributed by atoms with Crippen molar-refractivity contribution in [3.05, 3.63) is 21.8 Å². The SMILES string of the molecule is Nc1ncc(Cl)n2c([C@H]3CN4C(=O)CC[C@@H]4CO3)nc(Br)c12. The van der Waals surface area contributed by atoms with Crippen LogP contribution in [-0.4, -0.2) is 44.4 Å². The Kier molecular flexibility index (Phi) is 3.28. The van der Waals surface area contributed by atoms with Crippen LogP contribution in [0.3, 0.4) is 0 Å². The molecule has 0 unspecified atom stereocenters. The Morgan fingerprint density at radius 1 is 1.50 bits per heavy atom. The third-order valence-corrected chi connectivity index (χ3v) is 5.04. The van der Waals surface area contributed by atoms with Crippen molar-refractivity contribution in [2.45, 2.75) is 25.0 Å². The molecule has 0 saturated carbocycles. The summed E-state index contributed by atoms with van der Waals surface area (Å²) in [6.07, 6.45) is 2.59. The van der Waals surface area contributed by atoms with Crippen molar-refractivity contribution in [1.82, 2.24) is 19.3 Å². The molecule has 0 radical (unpaired) electrons. The topological polar surface area (TPSA) is 85.8 Å². The van der Waals surface area contributed by atoms with Crippen LogP contribution in [0, 0.1) is 0 Å². The average Bonchev–Trinajstić information content (AvgIpc) is 3.05. The predicted molar refractivity (Wildman–Crippen MR) is 83.5 cm³/mol. The molecule has 2 atom stereocenters. The number of hydrogen-bond donors (Lipinski definition) is 1. The molecule has 4 rings (SSSR count). The maximum Gasteiger partial charge on any atom is 0.223 e. The van der Waals surface area contributed by atoms with Gasteiger partial charge in [-0.2, -0.15) is 0 Å². The van der Waals surface area contributed by atoms with E-state index < -0.39 is 0 Å². The van der Waals surface area contributed by atoms with Crippen LogP contribution in [0.2, 0.25) is 5.15 Å². The van der Waals surface area contributed by atoms with Crippen molar-refractivity contribution in [2.24, 2.45) is 0 Å². The molecule has 22 heavy (non-hydrogen) atoms. The molecule has 4 heterocycles. The number of halogens is 2. The first-order chi connectivity index (χ1) is 10.6. The molecule has 0 aromatic carbocycles. The fourth-order valence-corrected chi connectivity index (χ4v) is 3.92. The van der Waals surface area contributed by atoms with Crippen LogP contribution in [0.5, 0.6) is 0 Å². The zero-order valence-electron chi connectivity index (χ0n) is 11.5. The highest BCUT2D eigenvalue weighted by atomic mass is 79.9. The van der Waals surface area contributed by atoms with E-state index in [4.69, 9.17) is 22.1 Å². The second kappa shape index (κ2) is 5.07. The fraction of sp³-hybridized carbons (Fsp3) is 0.462. The number of carbonyl (C=O) groups excluding carboxylic acids is 1. The third-order valence-electron chi connectivity index (χ3n) is 4.22. The largest absolute Gasteiger partial charge is 0.382 e. The number of rotatable bonds is 1. The summed E-state index contributed by atoms with van der Waals surface area (Å²) >= 11 is 9.65. The Balaban J connectivity index is 1.79. The van der Waals surface area contributed by atoms with Gasteiger partial charge in [-0.15, -0.1) is 0 Å². The van der Waals surface area contributed by atoms with E-state index in [-0.39, 0.29) is 18.1 Å². The van der Waals surface area contributed by atoms with Gasteiger partial charge in [-0.05, 0) is 22.4 Å². The van der Waals surface area contributed by atoms with E-state index >= 15 is 0 Å². The minimum atomic E-state index is -0.337. The maximum absolute atomic E-state index is 12.0. The van der Waals surface area contributed by atoms with E-state index in [1.54, 1.807) is 4.40 Å². The second-order valence-corrected chi connectivity index (χ2v) is 6.61. The van der Waals surface area contributed by atoms with E-state index in [0.29, 0.717) is 46.5 Å². The van der Waals surface area contributed by atoms with Crippen molar-refractivity contribution in [3.8, 4) is 0 Å². The first kappa shape index (κ1) is 14.2. The molecule has 2 saturated heterocycles. The second-order valence-electron chi connectivity index (χ2n) is 5.47. The lowest BCUT2D eigenvalue weighted by atomic mass is 10.2. The Hall–Kier alpha value is -1.38. The molecule has 116 valence electrons. The lowest BCUT2D eigenvalue weighted by Gasteiger charge is -2.34. The summed E-state index contributed by atoms with van der Waals surface area (Å²) in [4.78, 5) is 22.4. The lowest BCUT2D eigenvalue weighted by Crippen LogP contribution is -2.45. The summed E-state index contributed by atoms with van der Waals surface area (Å²) in [6, 6.07) is 0.181. The number of fused-ring (bicyclic) bond motifs is 2. The molecule has 0 bridgehead atoms. The van der Waals surface area contributed by atoms with E-state index in [1.807, 2.05) is 4.90 Å². The number of hydrogen-bond acceptors (Lipinski definition) is 5. The van der Waals surface area contributed by atoms with Gasteiger partial charge in [-0.1, -0.05) is 11.6 Å². The first-order valence-corrected chi connectivity index (χ1v) is 8.12. The Morgan fingerprint density at radius 3 is 3.14 bits per heavy atom. The lowest BCUT2D eigenvalue weighted by molar-refractivity contribution is -0.137. The molecular weight excluding hydrogens is 374 g/mol. The van der Waals surface area contributed by atoms with Gasteiger partial charge in [0.2, 0.25) is 5.91 Å². The van der Waals surface area contributed by atoms with Gasteiger partial charge < -0.3 is 15.4 Å². The van der Waals surface area contributed by atoms with Gasteiger partial charge in [0.25, 0.3) is 0 Å². The summed E-state index contributed by atoms with van der Waals surface area (Å²) < 4.78 is 8.21. The third kappa shape index (κ3) is 2.01. The standard InChI is InChI=1S/C13H13BrClN5O2/c14-11-10-12(16)17-3-8(15)20(10)13(18-11)7-4-19-6(5-22-7)1-2-9(19)21/h3,6-7H,1-2,4-5H2,(H2,16,17)/t6-,7-/m1/s1. The number of nitrogens with two attached hydrogens (primary N) is 1. The van der Waals surface area contributed by atoms with E-state index in [9.17, 15) is 4.79 Å². The molecule has 9 heteroatoms. The van der Waals surface area contributed by atoms with Crippen molar-refractivity contribution in [3.63, 3.8) is 0 Å². The van der Waals surface area contributed by atoms with Gasteiger partial charge in [0.05, 0.1) is 25.4 Å². The van der Waals surface area contributed by atoms with Crippen molar-refractivity contribution < 1.29 is 9.53 Å². The van der Waals surface area contributed by atoms with Gasteiger partial charge in [0.15, 0.2) is 5.82 Å². The van der Waals surface area contributed by atoms with Gasteiger partial charge in [-0.3, -0.25) is 9.20 Å². The van der Waals surface area contributed by atoms with Crippen molar-refractivity contribution >= 4 is 44.8 Å². The Morgan fingerprint density at radius 2 is 2.32 bits per heavy atom. The molecule has 2 aliphatic rings. The first-order valence-electron chi connectivity index (χ1n) is 6.95. The highest BCUT2D eigenvalue weighted by molar-refractivity contribution is 9.10. The molecule has 2 aliphatic heterocycles. The highest BCUT2D eigenvalue weighted by Crippen LogP contribution is 2.34. The summed E-state index contributed by atoms with van der Waals surface area (Å²) in [6.45, 7) is 0.995. The van der Waals surface area contributed by atoms with E-state index in [1.165, 1.54) is 6.20 Å². The van der Waals surface area contributed by atoms with Crippen molar-refractivity contribution in [1.29, 1.82) is 0 Å². The van der Waals surface area contributed by atoms with Crippen LogP contribution in [0.4, 0.5) is 5.82 Å². The predicted octanol–water partition coefficient (Wildman–Crippen LogP) is 1.79. The summed E-state index contributed by atoms with van der Waals surface area (Å²) in [5, 5.41) is 0.399. The Labute approximate surface area is 139 Å². The van der Waals surface area contributed by atoms with Crippen molar-refractivity contribution in [2.75, 3.05) is 18.9 Å². The number of amides is 1. The molecule has 7 nitrogen and oxygen atoms in total. The van der Waals surface area contributed by atoms with Crippen LogP contribution in [0.25, 0.3) is 5.52 Å². The number of imidazole rings is 1. The fourth-order valence-electron chi connectivity index (χ4n) is 3.14. The number of nitrogen functional groups attached to an aromatic ring is 1. The molecule has 2 aromatic heterocycles. The van der Waals surface area contributed by atoms with Crippen LogP contribution >= 0.6 is 27.5 Å². The van der Waals surface area contributed by atoms with Crippen LogP contribution in [-0.2, 0) is 9.53 Å². The zero-order valence-corrected chi connectivity index (χ0v) is 13.8. The summed E-state index contributed by atoms with van der Waals surface area (Å²) in [5.41, 5.74) is 6.52. The number of anilines is 1. The molecule has 2 aromatic rings. The molecular formula is C13H13BrClN5O2. The van der Waals surface area contributed by atoms with Gasteiger partial charge in [-0.25, -0.2) is 9.97 Å². The average molecular weight is 387 g/mol. The molecule has 0 spiro atoms. The minimum absolute atomic E-state index is 0.172. The van der Waals surface area contributed by atoms with E-state index in [2.05, 4.69) is 25.9 Å². The van der Waals surface area contributed by atoms with Gasteiger partial charge in [0, 0.05) is 6.42 Å². The molecule has 2 fully saturated rings. The maximum atomic E-state index is 12.0. The zero-order chi connectivity index (χ0) is 15.4. The monoisotopic (exact) mass is 385 g/mol.